The van der Waals surface area contributed by atoms with Crippen molar-refractivity contribution < 1.29 is 27.9 Å². The number of sulfonamides is 1. The molecule has 2 atom stereocenters. The molecule has 0 spiro atoms. The molecule has 34 heavy (non-hydrogen) atoms. The Balaban J connectivity index is 1.82. The molecule has 0 aliphatic carbocycles. The van der Waals surface area contributed by atoms with Gasteiger partial charge in [0.1, 0.15) is 6.04 Å². The number of amides is 1. The summed E-state index contributed by atoms with van der Waals surface area (Å²) in [6.07, 6.45) is 2.83. The van der Waals surface area contributed by atoms with Crippen molar-refractivity contribution in [2.24, 2.45) is 11.1 Å². The second-order valence-corrected chi connectivity index (χ2v) is 9.31. The summed E-state index contributed by atoms with van der Waals surface area (Å²) >= 11 is 0. The highest BCUT2D eigenvalue weighted by Gasteiger charge is 2.28. The van der Waals surface area contributed by atoms with Gasteiger partial charge in [0, 0.05) is 30.5 Å². The topological polar surface area (TPSA) is 172 Å². The molecule has 10 nitrogen and oxygen atoms in total. The monoisotopic (exact) mass is 484 g/mol. The number of carboxylic acids is 1. The molecule has 1 aromatic heterocycles. The number of carbonyl (C=O) groups is 3. The van der Waals surface area contributed by atoms with Gasteiger partial charge in [-0.3, -0.25) is 9.59 Å². The second-order valence-electron chi connectivity index (χ2n) is 7.75. The number of benzene rings is 2. The summed E-state index contributed by atoms with van der Waals surface area (Å²) in [6.45, 7) is 0. The predicted octanol–water partition coefficient (Wildman–Crippen LogP) is 1.30. The van der Waals surface area contributed by atoms with Crippen LogP contribution < -0.4 is 10.5 Å². The van der Waals surface area contributed by atoms with Crippen LogP contribution in [-0.2, 0) is 32.5 Å². The zero-order valence-electron chi connectivity index (χ0n) is 18.0. The van der Waals surface area contributed by atoms with E-state index in [0.717, 1.165) is 11.6 Å². The fraction of sp³-hybridized carbons (Fsp3) is 0.217. The minimum absolute atomic E-state index is 0.0347. The summed E-state index contributed by atoms with van der Waals surface area (Å²) in [7, 11) is -4.01. The number of H-pyrrole nitrogens is 1. The van der Waals surface area contributed by atoms with Gasteiger partial charge in [0.25, 0.3) is 0 Å². The lowest BCUT2D eigenvalue weighted by atomic mass is 9.91. The Morgan fingerprint density at radius 1 is 1.06 bits per heavy atom. The summed E-state index contributed by atoms with van der Waals surface area (Å²) < 4.78 is 23.3. The zero-order chi connectivity index (χ0) is 24.7. The molecule has 178 valence electrons. The molecular formula is C23H24N4O6S. The van der Waals surface area contributed by atoms with E-state index in [4.69, 9.17) is 5.14 Å². The quantitative estimate of drug-likeness (QED) is 0.297. The van der Waals surface area contributed by atoms with E-state index in [1.165, 1.54) is 30.7 Å². The van der Waals surface area contributed by atoms with Crippen LogP contribution in [0.25, 0.3) is 0 Å². The van der Waals surface area contributed by atoms with Crippen molar-refractivity contribution in [3.63, 3.8) is 0 Å². The molecule has 3 aromatic rings. The number of nitrogens with two attached hydrogens (primary N) is 1. The number of rotatable bonds is 11. The van der Waals surface area contributed by atoms with Gasteiger partial charge in [-0.15, -0.1) is 0 Å². The first-order valence-electron chi connectivity index (χ1n) is 10.3. The van der Waals surface area contributed by atoms with Crippen LogP contribution in [0.2, 0.25) is 0 Å². The SMILES string of the molecule is NS(=O)(=O)c1cccc(C(=O)CC(Cc2ccccc2)C(=O)N[C@@H](Cc2c[nH]cn2)C(=O)O)c1. The van der Waals surface area contributed by atoms with Gasteiger partial charge in [-0.1, -0.05) is 42.5 Å². The third-order valence-electron chi connectivity index (χ3n) is 5.19. The number of Topliss-reactive ketones (excluding diaryl/α,β-unsaturated/α-hetero) is 1. The minimum atomic E-state index is -4.01. The molecule has 1 heterocycles. The number of nitrogens with one attached hydrogen (secondary N) is 2. The van der Waals surface area contributed by atoms with Crippen molar-refractivity contribution in [1.29, 1.82) is 0 Å². The van der Waals surface area contributed by atoms with Gasteiger partial charge in [0.05, 0.1) is 16.9 Å². The third-order valence-corrected chi connectivity index (χ3v) is 6.11. The lowest BCUT2D eigenvalue weighted by Gasteiger charge is -2.20. The largest absolute Gasteiger partial charge is 0.480 e. The zero-order valence-corrected chi connectivity index (χ0v) is 18.9. The molecule has 0 aliphatic heterocycles. The third kappa shape index (κ3) is 6.83. The number of hydrogen-bond acceptors (Lipinski definition) is 6. The van der Waals surface area contributed by atoms with Crippen molar-refractivity contribution in [2.75, 3.05) is 0 Å². The molecule has 2 aromatic carbocycles. The molecule has 0 saturated heterocycles. The minimum Gasteiger partial charge on any atom is -0.480 e. The molecule has 0 aliphatic rings. The van der Waals surface area contributed by atoms with Crippen LogP contribution in [0.1, 0.15) is 28.0 Å². The second kappa shape index (κ2) is 10.9. The van der Waals surface area contributed by atoms with Crippen LogP contribution in [0.15, 0.2) is 72.0 Å². The van der Waals surface area contributed by atoms with Crippen LogP contribution in [0.3, 0.4) is 0 Å². The molecular weight excluding hydrogens is 460 g/mol. The van der Waals surface area contributed by atoms with Crippen molar-refractivity contribution in [2.45, 2.75) is 30.2 Å². The van der Waals surface area contributed by atoms with E-state index in [0.29, 0.717) is 5.69 Å². The first-order valence-corrected chi connectivity index (χ1v) is 11.9. The smallest absolute Gasteiger partial charge is 0.326 e. The molecule has 1 unspecified atom stereocenters. The van der Waals surface area contributed by atoms with Crippen molar-refractivity contribution in [3.05, 3.63) is 83.9 Å². The number of ketones is 1. The number of aromatic nitrogens is 2. The van der Waals surface area contributed by atoms with Gasteiger partial charge in [0.2, 0.25) is 15.9 Å². The predicted molar refractivity (Wildman–Crippen MR) is 122 cm³/mol. The van der Waals surface area contributed by atoms with Crippen LogP contribution in [0.5, 0.6) is 0 Å². The highest BCUT2D eigenvalue weighted by molar-refractivity contribution is 7.89. The van der Waals surface area contributed by atoms with Crippen LogP contribution >= 0.6 is 0 Å². The lowest BCUT2D eigenvalue weighted by molar-refractivity contribution is -0.142. The Hall–Kier alpha value is -3.83. The number of primary sulfonamides is 1. The lowest BCUT2D eigenvalue weighted by Crippen LogP contribution is -2.45. The number of imidazole rings is 1. The number of nitrogens with zero attached hydrogens (tertiary/aromatic N) is 1. The highest BCUT2D eigenvalue weighted by Crippen LogP contribution is 2.19. The Morgan fingerprint density at radius 3 is 2.41 bits per heavy atom. The summed E-state index contributed by atoms with van der Waals surface area (Å²) in [6, 6.07) is 13.0. The molecule has 3 rings (SSSR count). The van der Waals surface area contributed by atoms with Gasteiger partial charge < -0.3 is 15.4 Å². The molecule has 5 N–H and O–H groups in total. The molecule has 0 bridgehead atoms. The van der Waals surface area contributed by atoms with E-state index in [1.54, 1.807) is 24.3 Å². The fourth-order valence-electron chi connectivity index (χ4n) is 3.45. The molecule has 0 radical (unpaired) electrons. The number of hydrogen-bond donors (Lipinski definition) is 4. The van der Waals surface area contributed by atoms with E-state index in [2.05, 4.69) is 15.3 Å². The van der Waals surface area contributed by atoms with E-state index in [-0.39, 0.29) is 29.7 Å². The van der Waals surface area contributed by atoms with Crippen molar-refractivity contribution in [1.82, 2.24) is 15.3 Å². The number of carboxylic acid groups (broad SMARTS) is 1. The molecule has 1 amide bonds. The number of carbonyl (C=O) groups excluding carboxylic acids is 2. The van der Waals surface area contributed by atoms with Crippen LogP contribution in [-0.4, -0.2) is 47.2 Å². The first-order chi connectivity index (χ1) is 16.1. The summed E-state index contributed by atoms with van der Waals surface area (Å²) in [5.41, 5.74) is 1.33. The number of aromatic amines is 1. The van der Waals surface area contributed by atoms with E-state index in [9.17, 15) is 27.9 Å². The van der Waals surface area contributed by atoms with Crippen molar-refractivity contribution in [3.8, 4) is 0 Å². The molecule has 0 fully saturated rings. The van der Waals surface area contributed by atoms with Gasteiger partial charge in [0.15, 0.2) is 5.78 Å². The number of aliphatic carboxylic acids is 1. The molecule has 11 heteroatoms. The Kier molecular flexibility index (Phi) is 7.92. The highest BCUT2D eigenvalue weighted by atomic mass is 32.2. The van der Waals surface area contributed by atoms with E-state index in [1.807, 2.05) is 6.07 Å². The van der Waals surface area contributed by atoms with Gasteiger partial charge >= 0.3 is 5.97 Å². The average Bonchev–Trinajstić information content (AvgIpc) is 3.31. The maximum absolute atomic E-state index is 13.1. The fourth-order valence-corrected chi connectivity index (χ4v) is 4.01. The van der Waals surface area contributed by atoms with Crippen LogP contribution in [0, 0.1) is 5.92 Å². The first kappa shape index (κ1) is 24.8. The standard InChI is InChI=1S/C23H24N4O6S/c24-34(32,33)19-8-4-7-16(10-19)21(28)11-17(9-15-5-2-1-3-6-15)22(29)27-20(23(30)31)12-18-13-25-14-26-18/h1-8,10,13-14,17,20H,9,11-12H2,(H,25,26)(H,27,29)(H,30,31)(H2,24,32,33)/t17?,20-/m0/s1. The van der Waals surface area contributed by atoms with Gasteiger partial charge in [-0.05, 0) is 24.1 Å². The maximum atomic E-state index is 13.1. The van der Waals surface area contributed by atoms with Gasteiger partial charge in [-0.2, -0.15) is 0 Å². The summed E-state index contributed by atoms with van der Waals surface area (Å²) in [4.78, 5) is 44.3. The Bertz CT molecular complexity index is 1260. The van der Waals surface area contributed by atoms with Crippen LogP contribution in [0.4, 0.5) is 0 Å². The van der Waals surface area contributed by atoms with E-state index < -0.39 is 39.6 Å². The Morgan fingerprint density at radius 2 is 1.79 bits per heavy atom. The van der Waals surface area contributed by atoms with E-state index >= 15 is 0 Å². The summed E-state index contributed by atoms with van der Waals surface area (Å²) in [5.74, 6) is -3.21. The van der Waals surface area contributed by atoms with Gasteiger partial charge in [-0.25, -0.2) is 23.3 Å². The maximum Gasteiger partial charge on any atom is 0.326 e. The Labute approximate surface area is 196 Å². The summed E-state index contributed by atoms with van der Waals surface area (Å²) in [5, 5.41) is 17.2. The average molecular weight is 485 g/mol. The van der Waals surface area contributed by atoms with Crippen molar-refractivity contribution >= 4 is 27.7 Å². The normalized spacial score (nSPS) is 13.1. The molecule has 0 saturated carbocycles.